The lowest BCUT2D eigenvalue weighted by atomic mass is 9.98. The molecule has 1 saturated heterocycles. The minimum absolute atomic E-state index is 0.0993. The molecule has 30 heavy (non-hydrogen) atoms. The van der Waals surface area contributed by atoms with E-state index in [-0.39, 0.29) is 17.9 Å². The van der Waals surface area contributed by atoms with Crippen molar-refractivity contribution in [2.75, 3.05) is 19.6 Å². The molecule has 1 aliphatic heterocycles. The van der Waals surface area contributed by atoms with E-state index in [1.165, 1.54) is 16.9 Å². The number of carbonyl (C=O) groups excluding carboxylic acids is 2. The molecule has 1 N–H and O–H groups in total. The Morgan fingerprint density at radius 1 is 1.23 bits per heavy atom. The lowest BCUT2D eigenvalue weighted by Crippen LogP contribution is -2.45. The van der Waals surface area contributed by atoms with Gasteiger partial charge in [-0.15, -0.1) is 11.3 Å². The molecule has 2 aromatic rings. The van der Waals surface area contributed by atoms with Crippen molar-refractivity contribution in [3.63, 3.8) is 0 Å². The Hall–Kier alpha value is -2.41. The Labute approximate surface area is 182 Å². The maximum Gasteiger partial charge on any atom is 0.410 e. The van der Waals surface area contributed by atoms with Crippen LogP contribution in [0.1, 0.15) is 54.5 Å². The molecule has 1 fully saturated rings. The van der Waals surface area contributed by atoms with E-state index in [9.17, 15) is 9.59 Å². The minimum Gasteiger partial charge on any atom is -0.444 e. The molecule has 0 radical (unpaired) electrons. The number of carbonyl (C=O) groups is 2. The Kier molecular flexibility index (Phi) is 6.81. The first kappa shape index (κ1) is 22.3. The summed E-state index contributed by atoms with van der Waals surface area (Å²) in [5, 5.41) is 3.90. The van der Waals surface area contributed by atoms with Gasteiger partial charge in [-0.1, -0.05) is 29.8 Å². The third-order valence-corrected chi connectivity index (χ3v) is 6.23. The predicted octanol–water partition coefficient (Wildman–Crippen LogP) is 4.80. The van der Waals surface area contributed by atoms with E-state index < -0.39 is 5.60 Å². The molecule has 1 aliphatic rings. The van der Waals surface area contributed by atoms with Gasteiger partial charge in [-0.05, 0) is 53.4 Å². The second kappa shape index (κ2) is 9.16. The molecular weight excluding hydrogens is 398 g/mol. The molecule has 0 spiro atoms. The number of nitrogens with zero attached hydrogens (tertiary/aromatic N) is 2. The Morgan fingerprint density at radius 3 is 2.60 bits per heavy atom. The summed E-state index contributed by atoms with van der Waals surface area (Å²) in [6.45, 7) is 11.4. The number of thiazole rings is 1. The number of benzene rings is 1. The molecule has 0 saturated carbocycles. The van der Waals surface area contributed by atoms with Crippen molar-refractivity contribution in [1.29, 1.82) is 0 Å². The maximum atomic E-state index is 12.8. The highest BCUT2D eigenvalue weighted by molar-refractivity contribution is 7.17. The van der Waals surface area contributed by atoms with E-state index in [4.69, 9.17) is 4.74 Å². The second-order valence-corrected chi connectivity index (χ2v) is 9.94. The first-order valence-corrected chi connectivity index (χ1v) is 11.2. The molecule has 6 nitrogen and oxygen atoms in total. The molecule has 0 bridgehead atoms. The van der Waals surface area contributed by atoms with E-state index in [0.717, 1.165) is 29.1 Å². The van der Waals surface area contributed by atoms with Gasteiger partial charge in [-0.25, -0.2) is 9.78 Å². The molecular formula is C23H31N3O3S. The van der Waals surface area contributed by atoms with Crippen LogP contribution in [0.4, 0.5) is 4.79 Å². The van der Waals surface area contributed by atoms with Crippen LogP contribution >= 0.6 is 11.3 Å². The number of amides is 2. The Balaban J connectivity index is 1.58. The first-order valence-electron chi connectivity index (χ1n) is 10.4. The van der Waals surface area contributed by atoms with Crippen LogP contribution in [0.3, 0.4) is 0 Å². The van der Waals surface area contributed by atoms with Crippen LogP contribution in [0.15, 0.2) is 24.3 Å². The van der Waals surface area contributed by atoms with Gasteiger partial charge in [0.05, 0.1) is 5.69 Å². The number of hydrogen-bond donors (Lipinski definition) is 1. The fourth-order valence-corrected chi connectivity index (χ4v) is 4.46. The maximum absolute atomic E-state index is 12.8. The second-order valence-electron chi connectivity index (χ2n) is 8.94. The number of rotatable bonds is 4. The average Bonchev–Trinajstić information content (AvgIpc) is 3.07. The fourth-order valence-electron chi connectivity index (χ4n) is 3.47. The van der Waals surface area contributed by atoms with Crippen LogP contribution in [-0.4, -0.2) is 47.1 Å². The summed E-state index contributed by atoms with van der Waals surface area (Å²) in [7, 11) is 0. The zero-order valence-electron chi connectivity index (χ0n) is 18.4. The van der Waals surface area contributed by atoms with E-state index >= 15 is 0 Å². The topological polar surface area (TPSA) is 71.5 Å². The zero-order chi connectivity index (χ0) is 21.9. The summed E-state index contributed by atoms with van der Waals surface area (Å²) >= 11 is 1.42. The quantitative estimate of drug-likeness (QED) is 0.757. The number of ether oxygens (including phenoxy) is 1. The van der Waals surface area contributed by atoms with Crippen LogP contribution in [-0.2, 0) is 4.74 Å². The third-order valence-electron chi connectivity index (χ3n) is 5.02. The number of likely N-dealkylation sites (tertiary alicyclic amines) is 1. The molecule has 1 unspecified atom stereocenters. The van der Waals surface area contributed by atoms with Crippen molar-refractivity contribution in [2.45, 2.75) is 53.1 Å². The van der Waals surface area contributed by atoms with Crippen molar-refractivity contribution >= 4 is 23.3 Å². The van der Waals surface area contributed by atoms with Crippen molar-refractivity contribution in [3.8, 4) is 10.6 Å². The summed E-state index contributed by atoms with van der Waals surface area (Å²) < 4.78 is 5.48. The van der Waals surface area contributed by atoms with Crippen LogP contribution < -0.4 is 5.32 Å². The van der Waals surface area contributed by atoms with Gasteiger partial charge in [0.1, 0.15) is 15.5 Å². The van der Waals surface area contributed by atoms with E-state index in [2.05, 4.69) is 10.3 Å². The molecule has 2 amide bonds. The summed E-state index contributed by atoms with van der Waals surface area (Å²) in [5.41, 5.74) is 2.45. The van der Waals surface area contributed by atoms with Crippen molar-refractivity contribution in [1.82, 2.24) is 15.2 Å². The Morgan fingerprint density at radius 2 is 1.93 bits per heavy atom. The molecule has 162 valence electrons. The molecule has 0 aliphatic carbocycles. The highest BCUT2D eigenvalue weighted by Gasteiger charge is 2.28. The fraction of sp³-hybridized carbons (Fsp3) is 0.522. The minimum atomic E-state index is -0.503. The van der Waals surface area contributed by atoms with E-state index in [1.807, 2.05) is 58.9 Å². The number of aromatic nitrogens is 1. The third kappa shape index (κ3) is 5.81. The monoisotopic (exact) mass is 429 g/mol. The standard InChI is InChI=1S/C23H31N3O3S/c1-15-8-10-18(11-9-15)21-25-16(2)19(30-21)20(27)24-13-17-7-6-12-26(14-17)22(28)29-23(3,4)5/h8-11,17H,6-7,12-14H2,1-5H3,(H,24,27). The van der Waals surface area contributed by atoms with Gasteiger partial charge in [0.2, 0.25) is 0 Å². The van der Waals surface area contributed by atoms with Crippen molar-refractivity contribution < 1.29 is 14.3 Å². The Bertz CT molecular complexity index is 899. The van der Waals surface area contributed by atoms with Gasteiger partial charge < -0.3 is 15.0 Å². The van der Waals surface area contributed by atoms with Gasteiger partial charge in [0, 0.05) is 25.2 Å². The summed E-state index contributed by atoms with van der Waals surface area (Å²) in [6.07, 6.45) is 1.62. The van der Waals surface area contributed by atoms with Gasteiger partial charge >= 0.3 is 6.09 Å². The number of piperidine rings is 1. The number of nitrogens with one attached hydrogen (secondary N) is 1. The lowest BCUT2D eigenvalue weighted by Gasteiger charge is -2.34. The highest BCUT2D eigenvalue weighted by atomic mass is 32.1. The van der Waals surface area contributed by atoms with E-state index in [1.54, 1.807) is 4.90 Å². The molecule has 1 aromatic heterocycles. The molecule has 1 aromatic carbocycles. The van der Waals surface area contributed by atoms with Gasteiger partial charge in [0.25, 0.3) is 5.91 Å². The van der Waals surface area contributed by atoms with Crippen LogP contribution in [0.25, 0.3) is 10.6 Å². The van der Waals surface area contributed by atoms with Gasteiger partial charge in [-0.3, -0.25) is 4.79 Å². The summed E-state index contributed by atoms with van der Waals surface area (Å²) in [4.78, 5) is 32.1. The van der Waals surface area contributed by atoms with E-state index in [0.29, 0.717) is 24.5 Å². The largest absolute Gasteiger partial charge is 0.444 e. The molecule has 1 atom stereocenters. The normalized spacial score (nSPS) is 17.0. The van der Waals surface area contributed by atoms with Crippen molar-refractivity contribution in [3.05, 3.63) is 40.4 Å². The number of aryl methyl sites for hydroxylation is 2. The summed E-state index contributed by atoms with van der Waals surface area (Å²) in [5.74, 6) is 0.123. The lowest BCUT2D eigenvalue weighted by molar-refractivity contribution is 0.0167. The molecule has 7 heteroatoms. The number of hydrogen-bond acceptors (Lipinski definition) is 5. The van der Waals surface area contributed by atoms with Gasteiger partial charge in [-0.2, -0.15) is 0 Å². The van der Waals surface area contributed by atoms with Crippen molar-refractivity contribution in [2.24, 2.45) is 5.92 Å². The average molecular weight is 430 g/mol. The molecule has 3 rings (SSSR count). The van der Waals surface area contributed by atoms with Gasteiger partial charge in [0.15, 0.2) is 0 Å². The SMILES string of the molecule is Cc1ccc(-c2nc(C)c(C(=O)NCC3CCCN(C(=O)OC(C)(C)C)C3)s2)cc1. The van der Waals surface area contributed by atoms with Crippen LogP contribution in [0, 0.1) is 19.8 Å². The molecule has 2 heterocycles. The first-order chi connectivity index (χ1) is 14.1. The predicted molar refractivity (Wildman–Crippen MR) is 120 cm³/mol. The highest BCUT2D eigenvalue weighted by Crippen LogP contribution is 2.28. The van der Waals surface area contributed by atoms with Crippen LogP contribution in [0.2, 0.25) is 0 Å². The zero-order valence-corrected chi connectivity index (χ0v) is 19.3. The summed E-state index contributed by atoms with van der Waals surface area (Å²) in [6, 6.07) is 8.15. The smallest absolute Gasteiger partial charge is 0.410 e. The van der Waals surface area contributed by atoms with Crippen LogP contribution in [0.5, 0.6) is 0 Å².